The number of para-hydroxylation sites is 1. The van der Waals surface area contributed by atoms with Crippen molar-refractivity contribution in [3.8, 4) is 11.5 Å². The molecular weight excluding hydrogens is 334 g/mol. The molecule has 0 unspecified atom stereocenters. The normalized spacial score (nSPS) is 10.5. The maximum Gasteiger partial charge on any atom is 0.329 e. The Morgan fingerprint density at radius 1 is 1.00 bits per heavy atom. The maximum atomic E-state index is 11.9. The monoisotopic (exact) mass is 355 g/mol. The van der Waals surface area contributed by atoms with E-state index in [0.717, 1.165) is 11.1 Å². The molecule has 0 bridgehead atoms. The number of anilines is 1. The van der Waals surface area contributed by atoms with E-state index in [4.69, 9.17) is 9.47 Å². The Hall–Kier alpha value is -3.35. The number of methoxy groups -OCH3 is 2. The Kier molecular flexibility index (Phi) is 6.32. The molecule has 0 aliphatic carbocycles. The Morgan fingerprint density at radius 2 is 1.77 bits per heavy atom. The average Bonchev–Trinajstić information content (AvgIpc) is 2.64. The molecule has 0 saturated carbocycles. The van der Waals surface area contributed by atoms with E-state index in [1.807, 2.05) is 19.9 Å². The van der Waals surface area contributed by atoms with Gasteiger partial charge in [0, 0.05) is 11.3 Å². The summed E-state index contributed by atoms with van der Waals surface area (Å²) in [5, 5.41) is 6.33. The van der Waals surface area contributed by atoms with Gasteiger partial charge in [0.15, 0.2) is 11.5 Å². The van der Waals surface area contributed by atoms with Crippen LogP contribution in [0.1, 0.15) is 16.7 Å². The number of hydrogen-bond acceptors (Lipinski definition) is 5. The van der Waals surface area contributed by atoms with Gasteiger partial charge in [0.1, 0.15) is 0 Å². The number of rotatable bonds is 5. The zero-order valence-corrected chi connectivity index (χ0v) is 15.1. The summed E-state index contributed by atoms with van der Waals surface area (Å²) < 4.78 is 10.5. The summed E-state index contributed by atoms with van der Waals surface area (Å²) in [6.07, 6.45) is 1.38. The summed E-state index contributed by atoms with van der Waals surface area (Å²) in [6, 6.07) is 10.6. The first-order valence-electron chi connectivity index (χ1n) is 7.89. The minimum Gasteiger partial charge on any atom is -0.493 e. The lowest BCUT2D eigenvalue weighted by Crippen LogP contribution is -2.32. The van der Waals surface area contributed by atoms with Gasteiger partial charge in [-0.25, -0.2) is 5.43 Å². The van der Waals surface area contributed by atoms with Crippen LogP contribution < -0.4 is 20.2 Å². The second kappa shape index (κ2) is 8.66. The van der Waals surface area contributed by atoms with Crippen molar-refractivity contribution in [2.45, 2.75) is 13.8 Å². The molecule has 0 heterocycles. The van der Waals surface area contributed by atoms with Crippen LogP contribution in [0.5, 0.6) is 11.5 Å². The molecule has 26 heavy (non-hydrogen) atoms. The van der Waals surface area contributed by atoms with Crippen molar-refractivity contribution in [2.24, 2.45) is 5.10 Å². The minimum atomic E-state index is -0.874. The van der Waals surface area contributed by atoms with Crippen LogP contribution in [0.3, 0.4) is 0 Å². The highest BCUT2D eigenvalue weighted by molar-refractivity contribution is 6.39. The second-order valence-corrected chi connectivity index (χ2v) is 5.54. The fourth-order valence-electron chi connectivity index (χ4n) is 2.23. The summed E-state index contributed by atoms with van der Waals surface area (Å²) in [7, 11) is 3.03. The van der Waals surface area contributed by atoms with E-state index in [0.29, 0.717) is 22.7 Å². The summed E-state index contributed by atoms with van der Waals surface area (Å²) in [5.41, 5.74) is 5.46. The van der Waals surface area contributed by atoms with Gasteiger partial charge in [-0.1, -0.05) is 12.1 Å². The third-order valence-electron chi connectivity index (χ3n) is 3.77. The molecule has 0 aromatic heterocycles. The number of ether oxygens (including phenoxy) is 2. The molecule has 2 aromatic rings. The molecule has 2 N–H and O–H groups in total. The summed E-state index contributed by atoms with van der Waals surface area (Å²) in [5.74, 6) is -0.660. The van der Waals surface area contributed by atoms with E-state index in [9.17, 15) is 9.59 Å². The number of amides is 2. The maximum absolute atomic E-state index is 11.9. The molecule has 0 aliphatic heterocycles. The van der Waals surface area contributed by atoms with Gasteiger partial charge in [-0.3, -0.25) is 9.59 Å². The SMILES string of the molecule is COc1cccc(/C=N\NC(=O)C(=O)Nc2ccc(C)c(C)c2)c1OC. The molecule has 7 nitrogen and oxygen atoms in total. The molecular formula is C19H21N3O4. The Balaban J connectivity index is 2.00. The van der Waals surface area contributed by atoms with Crippen molar-refractivity contribution in [1.29, 1.82) is 0 Å². The molecule has 136 valence electrons. The lowest BCUT2D eigenvalue weighted by Gasteiger charge is -2.09. The number of hydrogen-bond donors (Lipinski definition) is 2. The van der Waals surface area contributed by atoms with Crippen molar-refractivity contribution in [2.75, 3.05) is 19.5 Å². The zero-order chi connectivity index (χ0) is 19.1. The van der Waals surface area contributed by atoms with E-state index >= 15 is 0 Å². The highest BCUT2D eigenvalue weighted by atomic mass is 16.5. The number of benzene rings is 2. The molecule has 2 amide bonds. The lowest BCUT2D eigenvalue weighted by molar-refractivity contribution is -0.136. The molecule has 0 fully saturated rings. The fraction of sp³-hybridized carbons (Fsp3) is 0.211. The highest BCUT2D eigenvalue weighted by Gasteiger charge is 2.13. The Bertz CT molecular complexity index is 847. The van der Waals surface area contributed by atoms with Gasteiger partial charge in [0.25, 0.3) is 0 Å². The molecule has 2 aromatic carbocycles. The van der Waals surface area contributed by atoms with Crippen LogP contribution in [-0.4, -0.2) is 32.2 Å². The van der Waals surface area contributed by atoms with Gasteiger partial charge in [-0.05, 0) is 49.2 Å². The predicted molar refractivity (Wildman–Crippen MR) is 99.8 cm³/mol. The van der Waals surface area contributed by atoms with Gasteiger partial charge >= 0.3 is 11.8 Å². The Labute approximate surface area is 152 Å². The van der Waals surface area contributed by atoms with Crippen LogP contribution in [0.4, 0.5) is 5.69 Å². The van der Waals surface area contributed by atoms with Gasteiger partial charge in [0.2, 0.25) is 0 Å². The van der Waals surface area contributed by atoms with Gasteiger partial charge < -0.3 is 14.8 Å². The summed E-state index contributed by atoms with van der Waals surface area (Å²) in [4.78, 5) is 23.8. The van der Waals surface area contributed by atoms with Gasteiger partial charge in [0.05, 0.1) is 20.4 Å². The average molecular weight is 355 g/mol. The largest absolute Gasteiger partial charge is 0.493 e. The smallest absolute Gasteiger partial charge is 0.329 e. The van der Waals surface area contributed by atoms with Crippen LogP contribution in [0.2, 0.25) is 0 Å². The third kappa shape index (κ3) is 4.60. The quantitative estimate of drug-likeness (QED) is 0.490. The van der Waals surface area contributed by atoms with E-state index in [1.54, 1.807) is 30.3 Å². The van der Waals surface area contributed by atoms with Crippen LogP contribution in [0.15, 0.2) is 41.5 Å². The molecule has 0 aliphatic rings. The molecule has 0 radical (unpaired) electrons. The molecule has 7 heteroatoms. The first-order chi connectivity index (χ1) is 12.5. The standard InChI is InChI=1S/C19H21N3O4/c1-12-8-9-15(10-13(12)2)21-18(23)19(24)22-20-11-14-6-5-7-16(25-3)17(14)26-4/h5-11H,1-4H3,(H,21,23)(H,22,24)/b20-11-. The van der Waals surface area contributed by atoms with Crippen LogP contribution in [0.25, 0.3) is 0 Å². The zero-order valence-electron chi connectivity index (χ0n) is 15.1. The summed E-state index contributed by atoms with van der Waals surface area (Å²) >= 11 is 0. The van der Waals surface area contributed by atoms with E-state index < -0.39 is 11.8 Å². The second-order valence-electron chi connectivity index (χ2n) is 5.54. The Morgan fingerprint density at radius 3 is 2.42 bits per heavy atom. The van der Waals surface area contributed by atoms with Crippen LogP contribution in [0, 0.1) is 13.8 Å². The van der Waals surface area contributed by atoms with Crippen LogP contribution >= 0.6 is 0 Å². The van der Waals surface area contributed by atoms with Crippen molar-refractivity contribution >= 4 is 23.7 Å². The van der Waals surface area contributed by atoms with Crippen molar-refractivity contribution < 1.29 is 19.1 Å². The minimum absolute atomic E-state index is 0.479. The first-order valence-corrected chi connectivity index (χ1v) is 7.89. The van der Waals surface area contributed by atoms with Crippen LogP contribution in [-0.2, 0) is 9.59 Å². The fourth-order valence-corrected chi connectivity index (χ4v) is 2.23. The number of nitrogens with zero attached hydrogens (tertiary/aromatic N) is 1. The molecule has 2 rings (SSSR count). The number of hydrazone groups is 1. The lowest BCUT2D eigenvalue weighted by atomic mass is 10.1. The van der Waals surface area contributed by atoms with E-state index in [1.165, 1.54) is 20.4 Å². The molecule has 0 spiro atoms. The van der Waals surface area contributed by atoms with Crippen molar-refractivity contribution in [3.05, 3.63) is 53.1 Å². The highest BCUT2D eigenvalue weighted by Crippen LogP contribution is 2.29. The van der Waals surface area contributed by atoms with Gasteiger partial charge in [-0.15, -0.1) is 0 Å². The van der Waals surface area contributed by atoms with Gasteiger partial charge in [-0.2, -0.15) is 5.10 Å². The third-order valence-corrected chi connectivity index (χ3v) is 3.77. The first kappa shape index (κ1) is 19.0. The van der Waals surface area contributed by atoms with E-state index in [2.05, 4.69) is 15.8 Å². The number of carbonyl (C=O) groups is 2. The molecule has 0 saturated heterocycles. The topological polar surface area (TPSA) is 89.0 Å². The van der Waals surface area contributed by atoms with Crippen molar-refractivity contribution in [3.63, 3.8) is 0 Å². The number of nitrogens with one attached hydrogen (secondary N) is 2. The summed E-state index contributed by atoms with van der Waals surface area (Å²) in [6.45, 7) is 3.89. The van der Waals surface area contributed by atoms with Crippen molar-refractivity contribution in [1.82, 2.24) is 5.43 Å². The number of aryl methyl sites for hydroxylation is 2. The predicted octanol–water partition coefficient (Wildman–Crippen LogP) is 2.41. The number of carbonyl (C=O) groups excluding carboxylic acids is 2. The van der Waals surface area contributed by atoms with E-state index in [-0.39, 0.29) is 0 Å². The molecule has 0 atom stereocenters.